The lowest BCUT2D eigenvalue weighted by molar-refractivity contribution is -0.142. The van der Waals surface area contributed by atoms with E-state index >= 15 is 0 Å². The number of carbonyl (C=O) groups excluding carboxylic acids is 2. The monoisotopic (exact) mass is 288 g/mol. The van der Waals surface area contributed by atoms with E-state index in [9.17, 15) is 14.4 Å². The van der Waals surface area contributed by atoms with Crippen molar-refractivity contribution in [2.24, 2.45) is 0 Å². The van der Waals surface area contributed by atoms with E-state index in [4.69, 9.17) is 9.84 Å². The Hall–Kier alpha value is -1.83. The number of hydrogen-bond donors (Lipinski definition) is 2. The van der Waals surface area contributed by atoms with Crippen molar-refractivity contribution in [3.05, 3.63) is 0 Å². The molecule has 1 rings (SSSR count). The summed E-state index contributed by atoms with van der Waals surface area (Å²) in [5, 5.41) is 11.5. The van der Waals surface area contributed by atoms with Crippen LogP contribution < -0.4 is 5.32 Å². The Morgan fingerprint density at radius 3 is 2.75 bits per heavy atom. The predicted octanol–water partition coefficient (Wildman–Crippen LogP) is -0.175. The summed E-state index contributed by atoms with van der Waals surface area (Å²) in [5.74, 6) is -1.68. The number of aliphatic carboxylic acids is 1. The van der Waals surface area contributed by atoms with Crippen molar-refractivity contribution in [1.29, 1.82) is 0 Å². The minimum absolute atomic E-state index is 0.00190. The van der Waals surface area contributed by atoms with Gasteiger partial charge in [-0.05, 0) is 12.8 Å². The van der Waals surface area contributed by atoms with Crippen molar-refractivity contribution >= 4 is 18.0 Å². The predicted molar refractivity (Wildman–Crippen MR) is 68.2 cm³/mol. The number of rotatable bonds is 5. The summed E-state index contributed by atoms with van der Waals surface area (Å²) in [6.45, 7) is 1.98. The fraction of sp³-hybridized carbons (Fsp3) is 0.750. The fourth-order valence-electron chi connectivity index (χ4n) is 1.81. The van der Waals surface area contributed by atoms with Gasteiger partial charge in [-0.1, -0.05) is 0 Å². The van der Waals surface area contributed by atoms with Gasteiger partial charge in [0.15, 0.2) is 0 Å². The van der Waals surface area contributed by atoms with Gasteiger partial charge in [0.25, 0.3) is 0 Å². The molecule has 8 heteroatoms. The normalized spacial score (nSPS) is 16.9. The molecule has 2 N–H and O–H groups in total. The van der Waals surface area contributed by atoms with Gasteiger partial charge in [0, 0.05) is 26.1 Å². The maximum atomic E-state index is 12.0. The van der Waals surface area contributed by atoms with Crippen molar-refractivity contribution in [2.45, 2.75) is 25.3 Å². The van der Waals surface area contributed by atoms with Gasteiger partial charge in [0.05, 0.1) is 13.7 Å². The van der Waals surface area contributed by atoms with Gasteiger partial charge in [0.2, 0.25) is 0 Å². The molecular formula is C12H20N2O6. The van der Waals surface area contributed by atoms with Crippen LogP contribution in [-0.4, -0.2) is 67.4 Å². The zero-order chi connectivity index (χ0) is 15.0. The minimum atomic E-state index is -1.17. The third-order valence-corrected chi connectivity index (χ3v) is 2.97. The number of amides is 2. The molecule has 0 aromatic carbocycles. The van der Waals surface area contributed by atoms with Gasteiger partial charge in [-0.2, -0.15) is 0 Å². The molecule has 8 nitrogen and oxygen atoms in total. The van der Waals surface area contributed by atoms with Crippen LogP contribution in [0.15, 0.2) is 0 Å². The highest BCUT2D eigenvalue weighted by Gasteiger charge is 2.24. The Morgan fingerprint density at radius 1 is 1.35 bits per heavy atom. The first-order chi connectivity index (χ1) is 9.54. The second-order valence-electron chi connectivity index (χ2n) is 4.41. The highest BCUT2D eigenvalue weighted by molar-refractivity contribution is 5.83. The second-order valence-corrected chi connectivity index (χ2v) is 4.41. The number of nitrogens with one attached hydrogen (secondary N) is 1. The van der Waals surface area contributed by atoms with Gasteiger partial charge in [-0.25, -0.2) is 9.59 Å². The van der Waals surface area contributed by atoms with Crippen LogP contribution in [0.3, 0.4) is 0 Å². The lowest BCUT2D eigenvalue weighted by Crippen LogP contribution is -2.48. The first-order valence-electron chi connectivity index (χ1n) is 6.47. The molecule has 1 aliphatic rings. The van der Waals surface area contributed by atoms with Crippen LogP contribution >= 0.6 is 0 Å². The molecule has 1 fully saturated rings. The minimum Gasteiger partial charge on any atom is -0.480 e. The summed E-state index contributed by atoms with van der Waals surface area (Å²) >= 11 is 0. The summed E-state index contributed by atoms with van der Waals surface area (Å²) in [5.41, 5.74) is 0. The molecule has 2 amide bonds. The van der Waals surface area contributed by atoms with Gasteiger partial charge in [-0.3, -0.25) is 4.79 Å². The Labute approximate surface area is 117 Å². The average molecular weight is 288 g/mol. The summed E-state index contributed by atoms with van der Waals surface area (Å²) < 4.78 is 9.67. The number of carbonyl (C=O) groups is 3. The molecular weight excluding hydrogens is 268 g/mol. The Bertz CT molecular complexity index is 352. The zero-order valence-electron chi connectivity index (χ0n) is 11.5. The van der Waals surface area contributed by atoms with Crippen LogP contribution in [0.5, 0.6) is 0 Å². The SMILES string of the molecule is COC(=O)CC[C@@H](NC(=O)N1CCCOCC1)C(=O)O. The van der Waals surface area contributed by atoms with Gasteiger partial charge in [0.1, 0.15) is 6.04 Å². The van der Waals surface area contributed by atoms with Crippen LogP contribution in [0.25, 0.3) is 0 Å². The molecule has 0 unspecified atom stereocenters. The molecule has 0 aromatic rings. The van der Waals surface area contributed by atoms with E-state index in [0.29, 0.717) is 32.7 Å². The summed E-state index contributed by atoms with van der Waals surface area (Å²) in [6.07, 6.45) is 0.655. The van der Waals surface area contributed by atoms with E-state index in [2.05, 4.69) is 10.1 Å². The number of carboxylic acid groups (broad SMARTS) is 1. The molecule has 20 heavy (non-hydrogen) atoms. The van der Waals surface area contributed by atoms with E-state index in [1.165, 1.54) is 12.0 Å². The van der Waals surface area contributed by atoms with Crippen molar-refractivity contribution < 1.29 is 29.0 Å². The molecule has 1 aliphatic heterocycles. The van der Waals surface area contributed by atoms with E-state index in [-0.39, 0.29) is 12.8 Å². The van der Waals surface area contributed by atoms with Crippen molar-refractivity contribution in [3.8, 4) is 0 Å². The molecule has 0 aliphatic carbocycles. The third kappa shape index (κ3) is 5.43. The van der Waals surface area contributed by atoms with E-state index < -0.39 is 24.0 Å². The largest absolute Gasteiger partial charge is 0.480 e. The Kier molecular flexibility index (Phi) is 6.78. The maximum absolute atomic E-state index is 12.0. The molecule has 1 saturated heterocycles. The van der Waals surface area contributed by atoms with E-state index in [0.717, 1.165) is 0 Å². The van der Waals surface area contributed by atoms with Crippen molar-refractivity contribution in [2.75, 3.05) is 33.4 Å². The molecule has 0 aromatic heterocycles. The van der Waals surface area contributed by atoms with Gasteiger partial charge in [-0.15, -0.1) is 0 Å². The van der Waals surface area contributed by atoms with Crippen molar-refractivity contribution in [1.82, 2.24) is 10.2 Å². The molecule has 0 bridgehead atoms. The lowest BCUT2D eigenvalue weighted by atomic mass is 10.1. The first-order valence-corrected chi connectivity index (χ1v) is 6.47. The number of methoxy groups -OCH3 is 1. The first kappa shape index (κ1) is 16.2. The van der Waals surface area contributed by atoms with E-state index in [1.54, 1.807) is 0 Å². The highest BCUT2D eigenvalue weighted by Crippen LogP contribution is 2.03. The third-order valence-electron chi connectivity index (χ3n) is 2.97. The summed E-state index contributed by atoms with van der Waals surface area (Å²) in [4.78, 5) is 35.6. The molecule has 0 radical (unpaired) electrons. The fourth-order valence-corrected chi connectivity index (χ4v) is 1.81. The van der Waals surface area contributed by atoms with Crippen LogP contribution in [-0.2, 0) is 19.1 Å². The Balaban J connectivity index is 2.49. The smallest absolute Gasteiger partial charge is 0.326 e. The number of ether oxygens (including phenoxy) is 2. The number of carboxylic acids is 1. The standard InChI is InChI=1S/C12H20N2O6/c1-19-10(15)4-3-9(11(16)17)13-12(18)14-5-2-7-20-8-6-14/h9H,2-8H2,1H3,(H,13,18)(H,16,17)/t9-/m1/s1. The Morgan fingerprint density at radius 2 is 2.10 bits per heavy atom. The topological polar surface area (TPSA) is 105 Å². The van der Waals surface area contributed by atoms with Gasteiger partial charge >= 0.3 is 18.0 Å². The number of urea groups is 1. The quantitative estimate of drug-likeness (QED) is 0.680. The van der Waals surface area contributed by atoms with Crippen LogP contribution in [0.4, 0.5) is 4.79 Å². The van der Waals surface area contributed by atoms with Crippen molar-refractivity contribution in [3.63, 3.8) is 0 Å². The number of hydrogen-bond acceptors (Lipinski definition) is 5. The lowest BCUT2D eigenvalue weighted by Gasteiger charge is -2.23. The zero-order valence-corrected chi connectivity index (χ0v) is 11.5. The number of esters is 1. The van der Waals surface area contributed by atoms with Gasteiger partial charge < -0.3 is 24.8 Å². The molecule has 1 atom stereocenters. The molecule has 1 heterocycles. The van der Waals surface area contributed by atoms with Crippen LogP contribution in [0, 0.1) is 0 Å². The molecule has 114 valence electrons. The average Bonchev–Trinajstić information content (AvgIpc) is 2.71. The number of nitrogens with zero attached hydrogens (tertiary/aromatic N) is 1. The maximum Gasteiger partial charge on any atom is 0.326 e. The molecule has 0 saturated carbocycles. The van der Waals surface area contributed by atoms with Crippen LogP contribution in [0.2, 0.25) is 0 Å². The van der Waals surface area contributed by atoms with Crippen LogP contribution in [0.1, 0.15) is 19.3 Å². The second kappa shape index (κ2) is 8.36. The summed E-state index contributed by atoms with van der Waals surface area (Å²) in [6, 6.07) is -1.56. The highest BCUT2D eigenvalue weighted by atomic mass is 16.5. The molecule has 0 spiro atoms. The summed E-state index contributed by atoms with van der Waals surface area (Å²) in [7, 11) is 1.23. The van der Waals surface area contributed by atoms with E-state index in [1.807, 2.05) is 0 Å².